The van der Waals surface area contributed by atoms with Gasteiger partial charge in [0.05, 0.1) is 18.5 Å². The van der Waals surface area contributed by atoms with Crippen LogP contribution < -0.4 is 9.46 Å². The fourth-order valence-corrected chi connectivity index (χ4v) is 3.07. The maximum absolute atomic E-state index is 12.9. The highest BCUT2D eigenvalue weighted by molar-refractivity contribution is 7.90. The van der Waals surface area contributed by atoms with Gasteiger partial charge in [0.15, 0.2) is 5.60 Å². The molecule has 24 heavy (non-hydrogen) atoms. The van der Waals surface area contributed by atoms with E-state index in [2.05, 4.69) is 10.3 Å². The van der Waals surface area contributed by atoms with Crippen molar-refractivity contribution in [3.05, 3.63) is 42.5 Å². The molecule has 1 aliphatic carbocycles. The van der Waals surface area contributed by atoms with Gasteiger partial charge in [0.1, 0.15) is 11.6 Å². The number of benzene rings is 1. The van der Waals surface area contributed by atoms with Gasteiger partial charge in [-0.1, -0.05) is 5.21 Å². The van der Waals surface area contributed by atoms with E-state index in [1.54, 1.807) is 0 Å². The molecule has 1 aromatic carbocycles. The largest absolute Gasteiger partial charge is 0.477 e. The van der Waals surface area contributed by atoms with Crippen molar-refractivity contribution >= 4 is 15.9 Å². The number of sulfonamides is 1. The second kappa shape index (κ2) is 6.19. The standard InChI is InChI=1S/C14H15FN4O4S/c15-11-1-3-12(4-2-11)23-14(5-6-14)13(20)17-24(21,22)10-9-19-8-7-16-18-19/h1-4,7-8H,5-6,9-10H2,(H,17,20). The van der Waals surface area contributed by atoms with Gasteiger partial charge < -0.3 is 4.74 Å². The molecular weight excluding hydrogens is 339 g/mol. The van der Waals surface area contributed by atoms with E-state index in [0.717, 1.165) is 0 Å². The van der Waals surface area contributed by atoms with Crippen molar-refractivity contribution in [2.24, 2.45) is 0 Å². The van der Waals surface area contributed by atoms with Crippen LogP contribution in [0.3, 0.4) is 0 Å². The molecule has 0 saturated heterocycles. The second-order valence-electron chi connectivity index (χ2n) is 5.47. The van der Waals surface area contributed by atoms with Crippen molar-refractivity contribution < 1.29 is 22.3 Å². The SMILES string of the molecule is O=C(NS(=O)(=O)CCn1ccnn1)C1(Oc2ccc(F)cc2)CC1. The molecule has 1 aliphatic rings. The summed E-state index contributed by atoms with van der Waals surface area (Å²) in [5.41, 5.74) is -1.21. The minimum atomic E-state index is -3.83. The third-order valence-corrected chi connectivity index (χ3v) is 4.77. The van der Waals surface area contributed by atoms with E-state index in [-0.39, 0.29) is 12.3 Å². The number of halogens is 1. The predicted octanol–water partition coefficient (Wildman–Crippen LogP) is 0.475. The number of amides is 1. The van der Waals surface area contributed by atoms with Crippen molar-refractivity contribution in [1.29, 1.82) is 0 Å². The lowest BCUT2D eigenvalue weighted by Gasteiger charge is -2.17. The number of rotatable bonds is 7. The fraction of sp³-hybridized carbons (Fsp3) is 0.357. The van der Waals surface area contributed by atoms with E-state index >= 15 is 0 Å². The minimum absolute atomic E-state index is 0.0778. The normalized spacial score (nSPS) is 15.7. The van der Waals surface area contributed by atoms with Crippen LogP contribution in [0.1, 0.15) is 12.8 Å². The van der Waals surface area contributed by atoms with Crippen LogP contribution in [-0.4, -0.2) is 40.7 Å². The van der Waals surface area contributed by atoms with E-state index in [4.69, 9.17) is 4.74 Å². The van der Waals surface area contributed by atoms with Gasteiger partial charge >= 0.3 is 0 Å². The number of aromatic nitrogens is 3. The lowest BCUT2D eigenvalue weighted by atomic mass is 10.3. The average molecular weight is 354 g/mol. The summed E-state index contributed by atoms with van der Waals surface area (Å²) < 4.78 is 45.8. The lowest BCUT2D eigenvalue weighted by Crippen LogP contribution is -2.44. The number of carbonyl (C=O) groups excluding carboxylic acids is 1. The van der Waals surface area contributed by atoms with Crippen LogP contribution in [0.25, 0.3) is 0 Å². The third kappa shape index (κ3) is 3.88. The van der Waals surface area contributed by atoms with Crippen molar-refractivity contribution in [2.45, 2.75) is 25.0 Å². The molecule has 128 valence electrons. The molecule has 0 bridgehead atoms. The van der Waals surface area contributed by atoms with Gasteiger partial charge in [0.2, 0.25) is 10.0 Å². The summed E-state index contributed by atoms with van der Waals surface area (Å²) in [6.45, 7) is 0.0778. The highest BCUT2D eigenvalue weighted by Crippen LogP contribution is 2.40. The molecule has 1 heterocycles. The van der Waals surface area contributed by atoms with Crippen LogP contribution in [0, 0.1) is 5.82 Å². The van der Waals surface area contributed by atoms with Gasteiger partial charge in [-0.15, -0.1) is 5.10 Å². The minimum Gasteiger partial charge on any atom is -0.477 e. The molecular formula is C14H15FN4O4S. The zero-order valence-corrected chi connectivity index (χ0v) is 13.4. The van der Waals surface area contributed by atoms with Gasteiger partial charge in [0.25, 0.3) is 5.91 Å². The number of aryl methyl sites for hydroxylation is 1. The number of ether oxygens (including phenoxy) is 1. The van der Waals surface area contributed by atoms with Crippen LogP contribution in [0.5, 0.6) is 5.75 Å². The maximum atomic E-state index is 12.9. The summed E-state index contributed by atoms with van der Waals surface area (Å²) in [6.07, 6.45) is 3.75. The number of nitrogens with zero attached hydrogens (tertiary/aromatic N) is 3. The molecule has 8 nitrogen and oxygen atoms in total. The number of hydrogen-bond donors (Lipinski definition) is 1. The zero-order valence-electron chi connectivity index (χ0n) is 12.6. The molecule has 1 aromatic heterocycles. The summed E-state index contributed by atoms with van der Waals surface area (Å²) in [4.78, 5) is 12.3. The summed E-state index contributed by atoms with van der Waals surface area (Å²) in [5.74, 6) is -1.14. The van der Waals surface area contributed by atoms with Crippen LogP contribution in [-0.2, 0) is 21.4 Å². The summed E-state index contributed by atoms with van der Waals surface area (Å²) in [6, 6.07) is 5.19. The molecule has 0 aliphatic heterocycles. The van der Waals surface area contributed by atoms with E-state index < -0.39 is 27.3 Å². The van der Waals surface area contributed by atoms with E-state index in [9.17, 15) is 17.6 Å². The van der Waals surface area contributed by atoms with Crippen LogP contribution in [0.15, 0.2) is 36.7 Å². The van der Waals surface area contributed by atoms with Crippen LogP contribution >= 0.6 is 0 Å². The lowest BCUT2D eigenvalue weighted by molar-refractivity contribution is -0.127. The summed E-state index contributed by atoms with van der Waals surface area (Å²) in [7, 11) is -3.83. The monoisotopic (exact) mass is 354 g/mol. The topological polar surface area (TPSA) is 103 Å². The maximum Gasteiger partial charge on any atom is 0.277 e. The van der Waals surface area contributed by atoms with Gasteiger partial charge in [-0.3, -0.25) is 9.48 Å². The smallest absolute Gasteiger partial charge is 0.277 e. The molecule has 1 fully saturated rings. The fourth-order valence-electron chi connectivity index (χ4n) is 2.07. The molecule has 1 N–H and O–H groups in total. The van der Waals surface area contributed by atoms with Crippen molar-refractivity contribution in [3.63, 3.8) is 0 Å². The highest BCUT2D eigenvalue weighted by Gasteiger charge is 2.54. The van der Waals surface area contributed by atoms with Crippen molar-refractivity contribution in [3.8, 4) is 5.75 Å². The molecule has 0 radical (unpaired) electrons. The summed E-state index contributed by atoms with van der Waals surface area (Å²) >= 11 is 0. The van der Waals surface area contributed by atoms with Crippen LogP contribution in [0.4, 0.5) is 4.39 Å². The third-order valence-electron chi connectivity index (χ3n) is 3.55. The number of hydrogen-bond acceptors (Lipinski definition) is 6. The molecule has 2 aromatic rings. The Morgan fingerprint density at radius 1 is 1.33 bits per heavy atom. The Kier molecular flexibility index (Phi) is 4.22. The highest BCUT2D eigenvalue weighted by atomic mass is 32.2. The molecule has 0 unspecified atom stereocenters. The van der Waals surface area contributed by atoms with Crippen molar-refractivity contribution in [2.75, 3.05) is 5.75 Å². The molecule has 10 heteroatoms. The first kappa shape index (κ1) is 16.4. The predicted molar refractivity (Wildman–Crippen MR) is 80.9 cm³/mol. The Bertz CT molecular complexity index is 817. The quantitative estimate of drug-likeness (QED) is 0.775. The van der Waals surface area contributed by atoms with Gasteiger partial charge in [-0.25, -0.2) is 17.5 Å². The van der Waals surface area contributed by atoms with Gasteiger partial charge in [-0.2, -0.15) is 0 Å². The van der Waals surface area contributed by atoms with Crippen molar-refractivity contribution in [1.82, 2.24) is 19.7 Å². The molecule has 1 amide bonds. The van der Waals surface area contributed by atoms with E-state index in [0.29, 0.717) is 18.6 Å². The first-order chi connectivity index (χ1) is 11.4. The van der Waals surface area contributed by atoms with E-state index in [1.807, 2.05) is 4.72 Å². The molecule has 1 saturated carbocycles. The molecule has 3 rings (SSSR count). The van der Waals surface area contributed by atoms with E-state index in [1.165, 1.54) is 41.3 Å². The van der Waals surface area contributed by atoms with Crippen LogP contribution in [0.2, 0.25) is 0 Å². The van der Waals surface area contributed by atoms with Gasteiger partial charge in [0, 0.05) is 19.0 Å². The first-order valence-corrected chi connectivity index (χ1v) is 8.87. The Labute approximate surface area is 137 Å². The Morgan fingerprint density at radius 2 is 2.04 bits per heavy atom. The average Bonchev–Trinajstić information content (AvgIpc) is 3.12. The Balaban J connectivity index is 1.60. The molecule has 0 atom stereocenters. The van der Waals surface area contributed by atoms with Gasteiger partial charge in [-0.05, 0) is 24.3 Å². The molecule has 0 spiro atoms. The Hall–Kier alpha value is -2.49. The first-order valence-electron chi connectivity index (χ1n) is 7.22. The Morgan fingerprint density at radius 3 is 2.62 bits per heavy atom. The number of nitrogens with one attached hydrogen (secondary N) is 1. The zero-order chi connectivity index (χ0) is 17.2. The summed E-state index contributed by atoms with van der Waals surface area (Å²) in [5, 5.41) is 7.23. The second-order valence-corrected chi connectivity index (χ2v) is 7.31. The number of carbonyl (C=O) groups is 1.